The molecule has 0 saturated carbocycles. The number of aromatic amines is 1. The van der Waals surface area contributed by atoms with Crippen molar-refractivity contribution in [2.45, 2.75) is 6.42 Å². The van der Waals surface area contributed by atoms with Gasteiger partial charge in [-0.15, -0.1) is 0 Å². The summed E-state index contributed by atoms with van der Waals surface area (Å²) in [6, 6.07) is 21.5. The lowest BCUT2D eigenvalue weighted by atomic mass is 10.0. The summed E-state index contributed by atoms with van der Waals surface area (Å²) in [5.74, 6) is -0.402. The number of rotatable bonds is 6. The maximum absolute atomic E-state index is 11.7. The molecule has 0 aliphatic rings. The quantitative estimate of drug-likeness (QED) is 0.409. The minimum Gasteiger partial charge on any atom is -0.464 e. The van der Waals surface area contributed by atoms with E-state index in [1.807, 2.05) is 60.7 Å². The van der Waals surface area contributed by atoms with Gasteiger partial charge in [0.05, 0.1) is 18.5 Å². The van der Waals surface area contributed by atoms with Gasteiger partial charge in [-0.05, 0) is 23.8 Å². The highest BCUT2D eigenvalue weighted by Gasteiger charge is 2.13. The summed E-state index contributed by atoms with van der Waals surface area (Å²) >= 11 is 0. The largest absolute Gasteiger partial charge is 0.464 e. The zero-order valence-electron chi connectivity index (χ0n) is 13.9. The van der Waals surface area contributed by atoms with Gasteiger partial charge < -0.3 is 9.72 Å². The number of H-pyrrole nitrogens is 1. The monoisotopic (exact) mass is 333 g/mol. The first kappa shape index (κ1) is 16.5. The molecule has 5 nitrogen and oxygen atoms in total. The highest BCUT2D eigenvalue weighted by molar-refractivity contribution is 6.03. The van der Waals surface area contributed by atoms with E-state index in [9.17, 15) is 4.79 Å². The number of hydrogen-bond acceptors (Lipinski definition) is 4. The van der Waals surface area contributed by atoms with Crippen LogP contribution in [0.15, 0.2) is 78.0 Å². The summed E-state index contributed by atoms with van der Waals surface area (Å²) in [7, 11) is 1.36. The summed E-state index contributed by atoms with van der Waals surface area (Å²) in [6.07, 6.45) is 2.40. The first-order valence-electron chi connectivity index (χ1n) is 7.95. The molecule has 0 unspecified atom stereocenters. The summed E-state index contributed by atoms with van der Waals surface area (Å²) < 4.78 is 4.75. The second-order valence-corrected chi connectivity index (χ2v) is 5.49. The normalized spacial score (nSPS) is 11.2. The number of carbonyl (C=O) groups is 1. The van der Waals surface area contributed by atoms with Crippen molar-refractivity contribution < 1.29 is 9.53 Å². The van der Waals surface area contributed by atoms with Crippen LogP contribution < -0.4 is 5.43 Å². The maximum atomic E-state index is 11.7. The van der Waals surface area contributed by atoms with Gasteiger partial charge in [0, 0.05) is 18.2 Å². The fourth-order valence-corrected chi connectivity index (χ4v) is 2.43. The second kappa shape index (κ2) is 7.97. The number of benzene rings is 2. The highest BCUT2D eigenvalue weighted by Crippen LogP contribution is 2.13. The van der Waals surface area contributed by atoms with E-state index in [1.165, 1.54) is 7.11 Å². The number of nitrogens with zero attached hydrogens (tertiary/aromatic N) is 1. The van der Waals surface area contributed by atoms with Crippen LogP contribution in [0.3, 0.4) is 0 Å². The lowest BCUT2D eigenvalue weighted by Gasteiger charge is -2.07. The third-order valence-electron chi connectivity index (χ3n) is 3.73. The molecule has 25 heavy (non-hydrogen) atoms. The molecular formula is C20H19N3O2. The molecule has 0 spiro atoms. The van der Waals surface area contributed by atoms with Crippen molar-refractivity contribution >= 4 is 17.4 Å². The van der Waals surface area contributed by atoms with E-state index >= 15 is 0 Å². The number of hydrogen-bond donors (Lipinski definition) is 2. The van der Waals surface area contributed by atoms with Crippen molar-refractivity contribution in [3.05, 3.63) is 89.7 Å². The topological polar surface area (TPSA) is 66.5 Å². The second-order valence-electron chi connectivity index (χ2n) is 5.49. The Kier molecular flexibility index (Phi) is 5.26. The molecule has 0 aliphatic carbocycles. The smallest absolute Gasteiger partial charge is 0.354 e. The van der Waals surface area contributed by atoms with Crippen LogP contribution in [0.1, 0.15) is 21.6 Å². The first-order chi connectivity index (χ1) is 12.3. The van der Waals surface area contributed by atoms with Crippen molar-refractivity contribution in [3.63, 3.8) is 0 Å². The van der Waals surface area contributed by atoms with Crippen LogP contribution in [0.2, 0.25) is 0 Å². The van der Waals surface area contributed by atoms with Crippen LogP contribution in [0, 0.1) is 0 Å². The number of ether oxygens (including phenoxy) is 1. The van der Waals surface area contributed by atoms with Gasteiger partial charge in [0.25, 0.3) is 0 Å². The Bertz CT molecular complexity index is 855. The van der Waals surface area contributed by atoms with Gasteiger partial charge >= 0.3 is 5.97 Å². The number of aromatic nitrogens is 1. The SMILES string of the molecule is COC(=O)c1cc(/C(Cc2ccccc2)=N\Nc2ccccc2)c[nH]1. The van der Waals surface area contributed by atoms with Gasteiger partial charge in [-0.25, -0.2) is 4.79 Å². The Hall–Kier alpha value is -3.34. The number of anilines is 1. The minimum atomic E-state index is -0.402. The van der Waals surface area contributed by atoms with Gasteiger partial charge in [0.2, 0.25) is 0 Å². The Morgan fingerprint density at radius 3 is 2.44 bits per heavy atom. The number of para-hydroxylation sites is 1. The van der Waals surface area contributed by atoms with E-state index < -0.39 is 5.97 Å². The van der Waals surface area contributed by atoms with Crippen LogP contribution >= 0.6 is 0 Å². The molecule has 1 heterocycles. The predicted molar refractivity (Wildman–Crippen MR) is 98.9 cm³/mol. The van der Waals surface area contributed by atoms with Crippen LogP contribution in [0.4, 0.5) is 5.69 Å². The Morgan fingerprint density at radius 2 is 1.76 bits per heavy atom. The molecule has 1 aromatic heterocycles. The molecule has 3 rings (SSSR count). The number of nitrogens with one attached hydrogen (secondary N) is 2. The third kappa shape index (κ3) is 4.35. The number of hydrazone groups is 1. The van der Waals surface area contributed by atoms with Crippen LogP contribution in [0.25, 0.3) is 0 Å². The van der Waals surface area contributed by atoms with Crippen molar-refractivity contribution in [2.75, 3.05) is 12.5 Å². The molecular weight excluding hydrogens is 314 g/mol. The molecule has 0 atom stereocenters. The number of carbonyl (C=O) groups excluding carboxylic acids is 1. The zero-order chi connectivity index (χ0) is 17.5. The van der Waals surface area contributed by atoms with Gasteiger partial charge in [0.1, 0.15) is 5.69 Å². The molecule has 126 valence electrons. The maximum Gasteiger partial charge on any atom is 0.354 e. The van der Waals surface area contributed by atoms with E-state index in [1.54, 1.807) is 12.3 Å². The van der Waals surface area contributed by atoms with Gasteiger partial charge in [-0.3, -0.25) is 5.43 Å². The van der Waals surface area contributed by atoms with Crippen LogP contribution in [-0.2, 0) is 11.2 Å². The van der Waals surface area contributed by atoms with E-state index in [0.29, 0.717) is 12.1 Å². The molecule has 0 radical (unpaired) electrons. The molecule has 0 bridgehead atoms. The molecule has 5 heteroatoms. The summed E-state index contributed by atoms with van der Waals surface area (Å²) in [5.41, 5.74) is 7.17. The summed E-state index contributed by atoms with van der Waals surface area (Å²) in [6.45, 7) is 0. The molecule has 0 fully saturated rings. The average molecular weight is 333 g/mol. The predicted octanol–water partition coefficient (Wildman–Crippen LogP) is 3.86. The van der Waals surface area contributed by atoms with Crippen molar-refractivity contribution in [1.82, 2.24) is 4.98 Å². The van der Waals surface area contributed by atoms with Crippen LogP contribution in [0.5, 0.6) is 0 Å². The molecule has 0 amide bonds. The van der Waals surface area contributed by atoms with Crippen LogP contribution in [-0.4, -0.2) is 23.8 Å². The van der Waals surface area contributed by atoms with Gasteiger partial charge in [0.15, 0.2) is 0 Å². The zero-order valence-corrected chi connectivity index (χ0v) is 13.9. The Balaban J connectivity index is 1.88. The number of methoxy groups -OCH3 is 1. The fraction of sp³-hybridized carbons (Fsp3) is 0.100. The van der Waals surface area contributed by atoms with E-state index in [4.69, 9.17) is 4.74 Å². The number of esters is 1. The molecule has 2 N–H and O–H groups in total. The van der Waals surface area contributed by atoms with Gasteiger partial charge in [-0.2, -0.15) is 5.10 Å². The molecule has 0 aliphatic heterocycles. The summed E-state index contributed by atoms with van der Waals surface area (Å²) in [4.78, 5) is 14.6. The molecule has 0 saturated heterocycles. The lowest BCUT2D eigenvalue weighted by molar-refractivity contribution is 0.0595. The standard InChI is InChI=1S/C20H19N3O2/c1-25-20(24)19-13-16(14-21-19)18(12-15-8-4-2-5-9-15)23-22-17-10-6-3-7-11-17/h2-11,13-14,21-22H,12H2,1H3/b23-18-. The molecule has 2 aromatic carbocycles. The Labute approximate surface area is 146 Å². The van der Waals surface area contributed by atoms with Crippen molar-refractivity contribution in [2.24, 2.45) is 5.10 Å². The van der Waals surface area contributed by atoms with E-state index in [-0.39, 0.29) is 0 Å². The fourth-order valence-electron chi connectivity index (χ4n) is 2.43. The van der Waals surface area contributed by atoms with Crippen molar-refractivity contribution in [1.29, 1.82) is 0 Å². The van der Waals surface area contributed by atoms with Gasteiger partial charge in [-0.1, -0.05) is 48.5 Å². The van der Waals surface area contributed by atoms with Crippen molar-refractivity contribution in [3.8, 4) is 0 Å². The third-order valence-corrected chi connectivity index (χ3v) is 3.73. The van der Waals surface area contributed by atoms with E-state index in [2.05, 4.69) is 15.5 Å². The lowest BCUT2D eigenvalue weighted by Crippen LogP contribution is -2.08. The Morgan fingerprint density at radius 1 is 1.08 bits per heavy atom. The minimum absolute atomic E-state index is 0.401. The first-order valence-corrected chi connectivity index (χ1v) is 7.95. The molecule has 3 aromatic rings. The summed E-state index contributed by atoms with van der Waals surface area (Å²) in [5, 5.41) is 4.55. The van der Waals surface area contributed by atoms with E-state index in [0.717, 1.165) is 22.5 Å². The highest BCUT2D eigenvalue weighted by atomic mass is 16.5. The average Bonchev–Trinajstić information content (AvgIpc) is 3.16.